The van der Waals surface area contributed by atoms with Crippen molar-refractivity contribution in [2.75, 3.05) is 46.9 Å². The molecule has 1 aliphatic heterocycles. The predicted octanol–water partition coefficient (Wildman–Crippen LogP) is 2.49. The van der Waals surface area contributed by atoms with Crippen molar-refractivity contribution in [1.29, 1.82) is 0 Å². The second-order valence-corrected chi connectivity index (χ2v) is 7.61. The Balaban J connectivity index is 1.64. The maximum absolute atomic E-state index is 11.9. The molecule has 0 amide bonds. The summed E-state index contributed by atoms with van der Waals surface area (Å²) in [5, 5.41) is 3.50. The highest BCUT2D eigenvalue weighted by Crippen LogP contribution is 2.21. The van der Waals surface area contributed by atoms with Gasteiger partial charge < -0.3 is 19.9 Å². The molecule has 0 aromatic heterocycles. The Morgan fingerprint density at radius 2 is 1.88 bits per heavy atom. The molecule has 1 heterocycles. The van der Waals surface area contributed by atoms with Crippen LogP contribution in [0.1, 0.15) is 58.3 Å². The lowest BCUT2D eigenvalue weighted by atomic mass is 9.94. The van der Waals surface area contributed by atoms with E-state index in [9.17, 15) is 4.79 Å². The normalized spacial score (nSPS) is 20.5. The molecule has 0 spiro atoms. The minimum absolute atomic E-state index is 0.0409. The van der Waals surface area contributed by atoms with E-state index < -0.39 is 0 Å². The van der Waals surface area contributed by atoms with Crippen molar-refractivity contribution in [3.63, 3.8) is 0 Å². The number of likely N-dealkylation sites (tertiary alicyclic amines) is 1. The zero-order valence-electron chi connectivity index (χ0n) is 17.0. The summed E-state index contributed by atoms with van der Waals surface area (Å²) in [5.74, 6) is 0.974. The number of hydrogen-bond acceptors (Lipinski definition) is 4. The zero-order chi connectivity index (χ0) is 18.8. The molecule has 0 aromatic carbocycles. The number of esters is 1. The minimum Gasteiger partial charge on any atom is -0.466 e. The van der Waals surface area contributed by atoms with Gasteiger partial charge in [0.2, 0.25) is 0 Å². The van der Waals surface area contributed by atoms with Crippen LogP contribution < -0.4 is 5.32 Å². The molecular weight excluding hydrogens is 328 g/mol. The largest absolute Gasteiger partial charge is 0.466 e. The Morgan fingerprint density at radius 1 is 1.19 bits per heavy atom. The molecule has 26 heavy (non-hydrogen) atoms. The van der Waals surface area contributed by atoms with E-state index >= 15 is 0 Å². The lowest BCUT2D eigenvalue weighted by Crippen LogP contribution is -2.47. The third-order valence-electron chi connectivity index (χ3n) is 5.79. The second-order valence-electron chi connectivity index (χ2n) is 7.61. The Morgan fingerprint density at radius 3 is 2.50 bits per heavy atom. The number of ether oxygens (including phenoxy) is 1. The van der Waals surface area contributed by atoms with Gasteiger partial charge >= 0.3 is 5.97 Å². The summed E-state index contributed by atoms with van der Waals surface area (Å²) in [6.45, 7) is 6.15. The summed E-state index contributed by atoms with van der Waals surface area (Å²) >= 11 is 0. The number of carbonyl (C=O) groups excluding carboxylic acids is 1. The van der Waals surface area contributed by atoms with Gasteiger partial charge in [0.25, 0.3) is 0 Å². The molecule has 6 nitrogen and oxygen atoms in total. The van der Waals surface area contributed by atoms with Gasteiger partial charge in [0.1, 0.15) is 0 Å². The van der Waals surface area contributed by atoms with Crippen LogP contribution in [-0.4, -0.2) is 74.7 Å². The van der Waals surface area contributed by atoms with E-state index in [1.807, 2.05) is 14.0 Å². The van der Waals surface area contributed by atoms with E-state index in [-0.39, 0.29) is 11.9 Å². The molecule has 6 heteroatoms. The van der Waals surface area contributed by atoms with Crippen molar-refractivity contribution in [2.24, 2.45) is 10.9 Å². The van der Waals surface area contributed by atoms with E-state index in [2.05, 4.69) is 27.2 Å². The topological polar surface area (TPSA) is 57.2 Å². The van der Waals surface area contributed by atoms with E-state index in [0.717, 1.165) is 57.4 Å². The van der Waals surface area contributed by atoms with Gasteiger partial charge in [-0.1, -0.05) is 19.3 Å². The van der Waals surface area contributed by atoms with Gasteiger partial charge in [0, 0.05) is 32.7 Å². The molecule has 1 saturated carbocycles. The van der Waals surface area contributed by atoms with Crippen molar-refractivity contribution in [3.05, 3.63) is 0 Å². The molecule has 0 radical (unpaired) electrons. The van der Waals surface area contributed by atoms with Crippen LogP contribution in [0.2, 0.25) is 0 Å². The van der Waals surface area contributed by atoms with Crippen LogP contribution in [0, 0.1) is 5.92 Å². The van der Waals surface area contributed by atoms with Crippen LogP contribution >= 0.6 is 0 Å². The summed E-state index contributed by atoms with van der Waals surface area (Å²) in [6, 6.07) is 0.782. The number of hydrogen-bond donors (Lipinski definition) is 1. The highest BCUT2D eigenvalue weighted by Gasteiger charge is 2.27. The zero-order valence-corrected chi connectivity index (χ0v) is 17.0. The monoisotopic (exact) mass is 366 g/mol. The molecule has 0 atom stereocenters. The van der Waals surface area contributed by atoms with Gasteiger partial charge in [-0.2, -0.15) is 0 Å². The lowest BCUT2D eigenvalue weighted by molar-refractivity contribution is -0.149. The molecule has 1 aliphatic carbocycles. The number of carbonyl (C=O) groups is 1. The number of rotatable bonds is 7. The van der Waals surface area contributed by atoms with Crippen molar-refractivity contribution in [1.82, 2.24) is 15.1 Å². The number of nitrogens with one attached hydrogen (secondary N) is 1. The van der Waals surface area contributed by atoms with Crippen molar-refractivity contribution in [3.8, 4) is 0 Å². The Hall–Kier alpha value is -1.30. The molecule has 0 aromatic rings. The number of aliphatic imine (C=N–C) groups is 1. The SMILES string of the molecule is CCOC(=O)C1CCN(C(=NC)NCCCN(C)C2CCCCC2)CC1. The minimum atomic E-state index is -0.0409. The summed E-state index contributed by atoms with van der Waals surface area (Å²) < 4.78 is 5.15. The first-order chi connectivity index (χ1) is 12.7. The van der Waals surface area contributed by atoms with Crippen molar-refractivity contribution < 1.29 is 9.53 Å². The third-order valence-corrected chi connectivity index (χ3v) is 5.79. The van der Waals surface area contributed by atoms with Crippen LogP contribution in [0.3, 0.4) is 0 Å². The fraction of sp³-hybridized carbons (Fsp3) is 0.900. The maximum Gasteiger partial charge on any atom is 0.309 e. The molecule has 2 aliphatic rings. The Kier molecular flexibility index (Phi) is 9.23. The molecule has 2 fully saturated rings. The smallest absolute Gasteiger partial charge is 0.309 e. The fourth-order valence-electron chi connectivity index (χ4n) is 4.15. The van der Waals surface area contributed by atoms with Gasteiger partial charge in [-0.15, -0.1) is 0 Å². The highest BCUT2D eigenvalue weighted by molar-refractivity contribution is 5.80. The molecule has 2 rings (SSSR count). The van der Waals surface area contributed by atoms with E-state index in [0.29, 0.717) is 6.61 Å². The lowest BCUT2D eigenvalue weighted by Gasteiger charge is -2.33. The molecule has 0 bridgehead atoms. The first-order valence-electron chi connectivity index (χ1n) is 10.5. The summed E-state index contributed by atoms with van der Waals surface area (Å²) in [6.07, 6.45) is 9.75. The van der Waals surface area contributed by atoms with Crippen LogP contribution in [0.4, 0.5) is 0 Å². The Bertz CT molecular complexity index is 441. The number of guanidine groups is 1. The first-order valence-corrected chi connectivity index (χ1v) is 10.5. The van der Waals surface area contributed by atoms with Gasteiger partial charge in [0.05, 0.1) is 12.5 Å². The quantitative estimate of drug-likeness (QED) is 0.325. The molecule has 0 unspecified atom stereocenters. The fourth-order valence-corrected chi connectivity index (χ4v) is 4.15. The van der Waals surface area contributed by atoms with Crippen LogP contribution in [0.25, 0.3) is 0 Å². The summed E-state index contributed by atoms with van der Waals surface area (Å²) in [5.41, 5.74) is 0. The van der Waals surface area contributed by atoms with E-state index in [1.165, 1.54) is 32.1 Å². The van der Waals surface area contributed by atoms with Gasteiger partial charge in [0.15, 0.2) is 5.96 Å². The molecular formula is C20H38N4O2. The average molecular weight is 367 g/mol. The summed E-state index contributed by atoms with van der Waals surface area (Å²) in [4.78, 5) is 21.1. The van der Waals surface area contributed by atoms with Crippen molar-refractivity contribution in [2.45, 2.75) is 64.3 Å². The first kappa shape index (κ1) is 21.0. The third kappa shape index (κ3) is 6.45. The number of nitrogens with zero attached hydrogens (tertiary/aromatic N) is 3. The van der Waals surface area contributed by atoms with E-state index in [4.69, 9.17) is 4.74 Å². The van der Waals surface area contributed by atoms with Crippen LogP contribution in [-0.2, 0) is 9.53 Å². The Labute approximate surface area is 159 Å². The number of piperidine rings is 1. The summed E-state index contributed by atoms with van der Waals surface area (Å²) in [7, 11) is 4.11. The average Bonchev–Trinajstić information content (AvgIpc) is 2.69. The predicted molar refractivity (Wildman–Crippen MR) is 106 cm³/mol. The van der Waals surface area contributed by atoms with Gasteiger partial charge in [-0.05, 0) is 52.6 Å². The standard InChI is InChI=1S/C20H38N4O2/c1-4-26-19(25)17-11-15-24(16-12-17)20(21-2)22-13-8-14-23(3)18-9-6-5-7-10-18/h17-18H,4-16H2,1-3H3,(H,21,22). The molecule has 150 valence electrons. The molecule has 1 saturated heterocycles. The van der Waals surface area contributed by atoms with E-state index in [1.54, 1.807) is 0 Å². The second kappa shape index (κ2) is 11.4. The highest BCUT2D eigenvalue weighted by atomic mass is 16.5. The van der Waals surface area contributed by atoms with Crippen LogP contribution in [0.15, 0.2) is 4.99 Å². The molecule has 1 N–H and O–H groups in total. The van der Waals surface area contributed by atoms with Gasteiger partial charge in [-0.25, -0.2) is 0 Å². The van der Waals surface area contributed by atoms with Gasteiger partial charge in [-0.3, -0.25) is 9.79 Å². The van der Waals surface area contributed by atoms with Crippen molar-refractivity contribution >= 4 is 11.9 Å². The maximum atomic E-state index is 11.9. The van der Waals surface area contributed by atoms with Crippen LogP contribution in [0.5, 0.6) is 0 Å².